The Kier molecular flexibility index (Phi) is 5.09. The fraction of sp³-hybridized carbons (Fsp3) is 0.208. The first-order chi connectivity index (χ1) is 16.5. The lowest BCUT2D eigenvalue weighted by molar-refractivity contribution is 0.382. The van der Waals surface area contributed by atoms with Crippen LogP contribution < -0.4 is 4.90 Å². The predicted octanol–water partition coefficient (Wildman–Crippen LogP) is 3.83. The summed E-state index contributed by atoms with van der Waals surface area (Å²) in [6.45, 7) is 3.70. The third-order valence-electron chi connectivity index (χ3n) is 6.12. The van der Waals surface area contributed by atoms with Gasteiger partial charge < -0.3 is 4.90 Å². The topological polar surface area (TPSA) is 83.7 Å². The Morgan fingerprint density at radius 1 is 0.912 bits per heavy atom. The van der Waals surface area contributed by atoms with Crippen LogP contribution in [0.15, 0.2) is 70.9 Å². The highest BCUT2D eigenvalue weighted by Crippen LogP contribution is 2.31. The minimum Gasteiger partial charge on any atom is -0.339 e. The molecule has 2 aromatic carbocycles. The van der Waals surface area contributed by atoms with Crippen molar-refractivity contribution in [2.45, 2.75) is 11.8 Å². The summed E-state index contributed by atoms with van der Waals surface area (Å²) < 4.78 is 30.0. The van der Waals surface area contributed by atoms with Gasteiger partial charge in [0.05, 0.1) is 15.3 Å². The van der Waals surface area contributed by atoms with E-state index in [4.69, 9.17) is 4.98 Å². The maximum absolute atomic E-state index is 13.2. The van der Waals surface area contributed by atoms with Gasteiger partial charge in [-0.1, -0.05) is 30.3 Å². The summed E-state index contributed by atoms with van der Waals surface area (Å²) in [5.41, 5.74) is 2.51. The van der Waals surface area contributed by atoms with Gasteiger partial charge in [0, 0.05) is 31.6 Å². The average molecular weight is 491 g/mol. The lowest BCUT2D eigenvalue weighted by Gasteiger charge is -2.35. The predicted molar refractivity (Wildman–Crippen MR) is 134 cm³/mol. The molecular weight excluding hydrogens is 468 g/mol. The molecule has 3 aromatic heterocycles. The van der Waals surface area contributed by atoms with Crippen molar-refractivity contribution in [2.75, 3.05) is 31.1 Å². The van der Waals surface area contributed by atoms with E-state index in [0.29, 0.717) is 31.1 Å². The Morgan fingerprint density at radius 2 is 1.74 bits per heavy atom. The van der Waals surface area contributed by atoms with Crippen molar-refractivity contribution in [1.29, 1.82) is 0 Å². The first-order valence-corrected chi connectivity index (χ1v) is 13.3. The van der Waals surface area contributed by atoms with Crippen molar-refractivity contribution >= 4 is 43.9 Å². The van der Waals surface area contributed by atoms with Crippen LogP contribution in [0.4, 0.5) is 5.95 Å². The van der Waals surface area contributed by atoms with Gasteiger partial charge in [-0.15, -0.1) is 21.5 Å². The van der Waals surface area contributed by atoms with Gasteiger partial charge in [-0.2, -0.15) is 4.31 Å². The van der Waals surface area contributed by atoms with Gasteiger partial charge in [-0.3, -0.25) is 0 Å². The SMILES string of the molecule is Cc1cccc(S(=O)(=O)N2CCN(c3nc4ccccc4c4nnc(-c5cccs5)n34)CC2)c1. The van der Waals surface area contributed by atoms with Crippen LogP contribution in [-0.4, -0.2) is 58.5 Å². The highest BCUT2D eigenvalue weighted by atomic mass is 32.2. The fourth-order valence-corrected chi connectivity index (χ4v) is 6.62. The molecule has 0 spiro atoms. The first-order valence-electron chi connectivity index (χ1n) is 11.0. The molecule has 1 saturated heterocycles. The van der Waals surface area contributed by atoms with E-state index in [0.717, 1.165) is 38.8 Å². The van der Waals surface area contributed by atoms with Crippen molar-refractivity contribution < 1.29 is 8.42 Å². The lowest BCUT2D eigenvalue weighted by atomic mass is 10.2. The number of para-hydroxylation sites is 1. The summed E-state index contributed by atoms with van der Waals surface area (Å²) >= 11 is 1.60. The molecule has 0 unspecified atom stereocenters. The molecule has 6 rings (SSSR count). The van der Waals surface area contributed by atoms with E-state index in [1.165, 1.54) is 0 Å². The van der Waals surface area contributed by atoms with Gasteiger partial charge in [-0.05, 0) is 48.2 Å². The number of thiophene rings is 1. The van der Waals surface area contributed by atoms with Crippen molar-refractivity contribution in [3.05, 3.63) is 71.6 Å². The van der Waals surface area contributed by atoms with Gasteiger partial charge in [0.2, 0.25) is 16.0 Å². The van der Waals surface area contributed by atoms with E-state index < -0.39 is 10.0 Å². The van der Waals surface area contributed by atoms with E-state index in [9.17, 15) is 8.42 Å². The Morgan fingerprint density at radius 3 is 2.50 bits per heavy atom. The third kappa shape index (κ3) is 3.46. The van der Waals surface area contributed by atoms with Crippen molar-refractivity contribution in [3.63, 3.8) is 0 Å². The number of aromatic nitrogens is 4. The molecule has 0 amide bonds. The van der Waals surface area contributed by atoms with Crippen LogP contribution in [-0.2, 0) is 10.0 Å². The molecule has 1 aliphatic rings. The van der Waals surface area contributed by atoms with Crippen LogP contribution in [0, 0.1) is 6.92 Å². The number of benzene rings is 2. The number of anilines is 1. The highest BCUT2D eigenvalue weighted by Gasteiger charge is 2.30. The Hall–Kier alpha value is -3.34. The van der Waals surface area contributed by atoms with E-state index in [-0.39, 0.29) is 0 Å². The Labute approximate surface area is 201 Å². The molecule has 0 aliphatic carbocycles. The van der Waals surface area contributed by atoms with Crippen molar-refractivity contribution in [1.82, 2.24) is 23.9 Å². The van der Waals surface area contributed by atoms with E-state index in [2.05, 4.69) is 15.1 Å². The second-order valence-electron chi connectivity index (χ2n) is 8.30. The average Bonchev–Trinajstić information content (AvgIpc) is 3.54. The zero-order valence-corrected chi connectivity index (χ0v) is 20.1. The number of aryl methyl sites for hydroxylation is 1. The maximum Gasteiger partial charge on any atom is 0.243 e. The molecule has 5 aromatic rings. The zero-order valence-electron chi connectivity index (χ0n) is 18.5. The summed E-state index contributed by atoms with van der Waals surface area (Å²) in [6.07, 6.45) is 0. The van der Waals surface area contributed by atoms with Gasteiger partial charge in [0.25, 0.3) is 0 Å². The third-order valence-corrected chi connectivity index (χ3v) is 8.88. The largest absolute Gasteiger partial charge is 0.339 e. The monoisotopic (exact) mass is 490 g/mol. The molecule has 0 atom stereocenters. The first kappa shape index (κ1) is 21.2. The number of hydrogen-bond acceptors (Lipinski definition) is 7. The molecule has 0 saturated carbocycles. The summed E-state index contributed by atoms with van der Waals surface area (Å²) in [7, 11) is -3.54. The normalized spacial score (nSPS) is 15.4. The molecule has 0 radical (unpaired) electrons. The maximum atomic E-state index is 13.2. The molecule has 0 N–H and O–H groups in total. The van der Waals surface area contributed by atoms with E-state index >= 15 is 0 Å². The molecular formula is C24H22N6O2S2. The number of rotatable bonds is 4. The summed E-state index contributed by atoms with van der Waals surface area (Å²) in [4.78, 5) is 8.44. The fourth-order valence-electron chi connectivity index (χ4n) is 4.40. The molecule has 34 heavy (non-hydrogen) atoms. The number of hydrogen-bond donors (Lipinski definition) is 0. The Balaban J connectivity index is 1.39. The number of fused-ring (bicyclic) bond motifs is 3. The summed E-state index contributed by atoms with van der Waals surface area (Å²) in [5, 5.41) is 11.9. The van der Waals surface area contributed by atoms with Crippen molar-refractivity contribution in [2.24, 2.45) is 0 Å². The van der Waals surface area contributed by atoms with E-state index in [1.54, 1.807) is 33.8 Å². The second kappa shape index (κ2) is 8.15. The molecule has 1 fully saturated rings. The van der Waals surface area contributed by atoms with Crippen LogP contribution in [0.25, 0.3) is 27.3 Å². The molecule has 4 heterocycles. The lowest BCUT2D eigenvalue weighted by Crippen LogP contribution is -2.49. The minimum absolute atomic E-state index is 0.339. The highest BCUT2D eigenvalue weighted by molar-refractivity contribution is 7.89. The number of sulfonamides is 1. The summed E-state index contributed by atoms with van der Waals surface area (Å²) in [6, 6.07) is 19.0. The van der Waals surface area contributed by atoms with Crippen LogP contribution in [0.3, 0.4) is 0 Å². The molecule has 8 nitrogen and oxygen atoms in total. The van der Waals surface area contributed by atoms with Crippen LogP contribution in [0.2, 0.25) is 0 Å². The standard InChI is InChI=1S/C24H22N6O2S2/c1-17-6-4-7-18(16-17)34(31,32)29-13-11-28(12-14-29)24-25-20-9-3-2-8-19(20)22-26-27-23(30(22)24)21-10-5-15-33-21/h2-10,15-16H,11-14H2,1H3. The van der Waals surface area contributed by atoms with Gasteiger partial charge in [0.1, 0.15) is 0 Å². The minimum atomic E-state index is -3.54. The van der Waals surface area contributed by atoms with Crippen molar-refractivity contribution in [3.8, 4) is 10.7 Å². The van der Waals surface area contributed by atoms with Crippen LogP contribution in [0.1, 0.15) is 5.56 Å². The molecule has 0 bridgehead atoms. The smallest absolute Gasteiger partial charge is 0.243 e. The quantitative estimate of drug-likeness (QED) is 0.381. The Bertz CT molecular complexity index is 1600. The van der Waals surface area contributed by atoms with Gasteiger partial charge >= 0.3 is 0 Å². The molecule has 1 aliphatic heterocycles. The van der Waals surface area contributed by atoms with Crippen LogP contribution in [0.5, 0.6) is 0 Å². The molecule has 10 heteroatoms. The number of piperazine rings is 1. The van der Waals surface area contributed by atoms with E-state index in [1.807, 2.05) is 59.2 Å². The zero-order chi connectivity index (χ0) is 23.3. The van der Waals surface area contributed by atoms with Gasteiger partial charge in [-0.25, -0.2) is 17.8 Å². The van der Waals surface area contributed by atoms with Crippen LogP contribution >= 0.6 is 11.3 Å². The number of nitrogens with zero attached hydrogens (tertiary/aromatic N) is 6. The van der Waals surface area contributed by atoms with Gasteiger partial charge in [0.15, 0.2) is 11.5 Å². The summed E-state index contributed by atoms with van der Waals surface area (Å²) in [5.74, 6) is 1.47. The second-order valence-corrected chi connectivity index (χ2v) is 11.2. The molecule has 172 valence electrons.